The van der Waals surface area contributed by atoms with Gasteiger partial charge in [0.2, 0.25) is 0 Å². The minimum Gasteiger partial charge on any atom is -0.354 e. The van der Waals surface area contributed by atoms with Crippen molar-refractivity contribution in [2.75, 3.05) is 0 Å². The van der Waals surface area contributed by atoms with Gasteiger partial charge in [-0.1, -0.05) is 115 Å². The van der Waals surface area contributed by atoms with Crippen LogP contribution in [0.4, 0.5) is 0 Å². The number of rotatable bonds is 4. The number of aromatic amines is 1. The van der Waals surface area contributed by atoms with E-state index in [-0.39, 0.29) is 0 Å². The number of halogens is 1. The zero-order valence-electron chi connectivity index (χ0n) is 23.9. The lowest BCUT2D eigenvalue weighted by atomic mass is 10.1. The van der Waals surface area contributed by atoms with Crippen molar-refractivity contribution < 1.29 is 0 Å². The molecule has 9 rings (SSSR count). The second-order valence-corrected chi connectivity index (χ2v) is 11.5. The van der Waals surface area contributed by atoms with Gasteiger partial charge in [-0.15, -0.1) is 0 Å². The number of nitrogens with zero attached hydrogens (tertiary/aromatic N) is 4. The summed E-state index contributed by atoms with van der Waals surface area (Å²) in [7, 11) is 0. The van der Waals surface area contributed by atoms with Crippen molar-refractivity contribution in [3.63, 3.8) is 0 Å². The Balaban J connectivity index is 1.24. The Bertz CT molecular complexity index is 2490. The quantitative estimate of drug-likeness (QED) is 0.219. The zero-order chi connectivity index (χ0) is 29.9. The average molecular weight is 598 g/mol. The standard InChI is InChI=1S/C39H24ClN5/c40-30-23-26(39-43-37(24-11-3-1-4-12-24)42-38(44-39)25-13-5-2-6-14-25)19-21-33(30)45-32-18-10-8-16-29(32)35-34(45)22-20-28-27-15-7-9-17-31(27)41-36(28)35/h1-23,41H. The highest BCUT2D eigenvalue weighted by Gasteiger charge is 2.19. The highest BCUT2D eigenvalue weighted by molar-refractivity contribution is 6.33. The van der Waals surface area contributed by atoms with Crippen LogP contribution in [-0.4, -0.2) is 24.5 Å². The molecule has 6 heteroatoms. The normalized spacial score (nSPS) is 11.7. The molecule has 0 aliphatic carbocycles. The van der Waals surface area contributed by atoms with Gasteiger partial charge in [-0.25, -0.2) is 15.0 Å². The Hall–Kier alpha value is -5.78. The van der Waals surface area contributed by atoms with Crippen molar-refractivity contribution in [1.82, 2.24) is 24.5 Å². The van der Waals surface area contributed by atoms with Gasteiger partial charge in [-0.05, 0) is 36.4 Å². The van der Waals surface area contributed by atoms with E-state index >= 15 is 0 Å². The topological polar surface area (TPSA) is 59.4 Å². The maximum atomic E-state index is 7.17. The largest absolute Gasteiger partial charge is 0.354 e. The molecule has 212 valence electrons. The third kappa shape index (κ3) is 4.13. The fourth-order valence-corrected chi connectivity index (χ4v) is 6.67. The van der Waals surface area contributed by atoms with Gasteiger partial charge >= 0.3 is 0 Å². The summed E-state index contributed by atoms with van der Waals surface area (Å²) in [5.41, 5.74) is 7.99. The van der Waals surface area contributed by atoms with Crippen molar-refractivity contribution in [3.05, 3.63) is 145 Å². The second kappa shape index (κ2) is 10.2. The molecule has 0 spiro atoms. The third-order valence-corrected chi connectivity index (χ3v) is 8.76. The molecule has 0 saturated heterocycles. The summed E-state index contributed by atoms with van der Waals surface area (Å²) in [5.74, 6) is 1.80. The number of aromatic nitrogens is 5. The molecule has 0 aliphatic rings. The van der Waals surface area contributed by atoms with Gasteiger partial charge in [0.25, 0.3) is 0 Å². The Morgan fingerprint density at radius 2 is 1.09 bits per heavy atom. The molecular formula is C39H24ClN5. The maximum Gasteiger partial charge on any atom is 0.164 e. The molecule has 0 amide bonds. The summed E-state index contributed by atoms with van der Waals surface area (Å²) in [6, 6.07) is 47.4. The van der Waals surface area contributed by atoms with E-state index in [1.807, 2.05) is 72.8 Å². The molecule has 1 N–H and O–H groups in total. The summed E-state index contributed by atoms with van der Waals surface area (Å²) >= 11 is 7.17. The first kappa shape index (κ1) is 25.7. The van der Waals surface area contributed by atoms with Crippen LogP contribution in [0.25, 0.3) is 83.5 Å². The molecule has 6 aromatic carbocycles. The van der Waals surface area contributed by atoms with Crippen molar-refractivity contribution >= 4 is 55.2 Å². The van der Waals surface area contributed by atoms with Gasteiger partial charge in [0.05, 0.1) is 27.3 Å². The molecule has 0 radical (unpaired) electrons. The first-order valence-electron chi connectivity index (χ1n) is 14.8. The lowest BCUT2D eigenvalue weighted by Crippen LogP contribution is -2.01. The van der Waals surface area contributed by atoms with Crippen LogP contribution in [0, 0.1) is 0 Å². The van der Waals surface area contributed by atoms with Gasteiger partial charge in [-0.3, -0.25) is 0 Å². The highest BCUT2D eigenvalue weighted by Crippen LogP contribution is 2.40. The molecule has 0 unspecified atom stereocenters. The van der Waals surface area contributed by atoms with Gasteiger partial charge in [0, 0.05) is 43.8 Å². The number of para-hydroxylation sites is 2. The molecule has 9 aromatic rings. The summed E-state index contributed by atoms with van der Waals surface area (Å²) in [5, 5.41) is 5.38. The number of hydrogen-bond donors (Lipinski definition) is 1. The van der Waals surface area contributed by atoms with Crippen LogP contribution >= 0.6 is 11.6 Å². The molecule has 0 saturated carbocycles. The predicted molar refractivity (Wildman–Crippen MR) is 185 cm³/mol. The van der Waals surface area contributed by atoms with Crippen LogP contribution in [0.3, 0.4) is 0 Å². The van der Waals surface area contributed by atoms with Gasteiger partial charge in [0.15, 0.2) is 17.5 Å². The second-order valence-electron chi connectivity index (χ2n) is 11.1. The summed E-state index contributed by atoms with van der Waals surface area (Å²) in [6.07, 6.45) is 0. The summed E-state index contributed by atoms with van der Waals surface area (Å²) in [6.45, 7) is 0. The van der Waals surface area contributed by atoms with E-state index in [1.165, 1.54) is 21.5 Å². The summed E-state index contributed by atoms with van der Waals surface area (Å²) in [4.78, 5) is 18.3. The number of hydrogen-bond acceptors (Lipinski definition) is 3. The molecule has 5 nitrogen and oxygen atoms in total. The lowest BCUT2D eigenvalue weighted by molar-refractivity contribution is 1.07. The van der Waals surface area contributed by atoms with Gasteiger partial charge < -0.3 is 9.55 Å². The van der Waals surface area contributed by atoms with Gasteiger partial charge in [0.1, 0.15) is 0 Å². The van der Waals surface area contributed by atoms with Crippen LogP contribution in [0.1, 0.15) is 0 Å². The van der Waals surface area contributed by atoms with Crippen molar-refractivity contribution in [1.29, 1.82) is 0 Å². The third-order valence-electron chi connectivity index (χ3n) is 8.46. The fraction of sp³-hybridized carbons (Fsp3) is 0. The molecule has 3 heterocycles. The number of nitrogens with one attached hydrogen (secondary N) is 1. The minimum atomic E-state index is 0.568. The summed E-state index contributed by atoms with van der Waals surface area (Å²) < 4.78 is 2.25. The van der Waals surface area contributed by atoms with Crippen molar-refractivity contribution in [3.8, 4) is 39.9 Å². The van der Waals surface area contributed by atoms with Crippen LogP contribution < -0.4 is 0 Å². The van der Waals surface area contributed by atoms with E-state index < -0.39 is 0 Å². The zero-order valence-corrected chi connectivity index (χ0v) is 24.7. The first-order chi connectivity index (χ1) is 22.2. The van der Waals surface area contributed by atoms with E-state index in [9.17, 15) is 0 Å². The van der Waals surface area contributed by atoms with E-state index in [2.05, 4.69) is 76.3 Å². The minimum absolute atomic E-state index is 0.568. The Morgan fingerprint density at radius 3 is 1.78 bits per heavy atom. The lowest BCUT2D eigenvalue weighted by Gasteiger charge is -2.12. The van der Waals surface area contributed by atoms with Crippen LogP contribution in [0.15, 0.2) is 140 Å². The number of fused-ring (bicyclic) bond motifs is 7. The van der Waals surface area contributed by atoms with Crippen LogP contribution in [-0.2, 0) is 0 Å². The molecular weight excluding hydrogens is 574 g/mol. The molecule has 45 heavy (non-hydrogen) atoms. The van der Waals surface area contributed by atoms with Crippen molar-refractivity contribution in [2.45, 2.75) is 0 Å². The van der Waals surface area contributed by atoms with E-state index in [1.54, 1.807) is 0 Å². The van der Waals surface area contributed by atoms with Crippen LogP contribution in [0.5, 0.6) is 0 Å². The highest BCUT2D eigenvalue weighted by atomic mass is 35.5. The Morgan fingerprint density at radius 1 is 0.489 bits per heavy atom. The SMILES string of the molecule is Clc1cc(-c2nc(-c3ccccc3)nc(-c3ccccc3)n2)ccc1-n1c2ccccc2c2c3[nH]c4ccccc4c3ccc21. The number of benzene rings is 6. The monoisotopic (exact) mass is 597 g/mol. The molecule has 0 aliphatic heterocycles. The van der Waals surface area contributed by atoms with Gasteiger partial charge in [-0.2, -0.15) is 0 Å². The van der Waals surface area contributed by atoms with E-state index in [4.69, 9.17) is 26.6 Å². The first-order valence-corrected chi connectivity index (χ1v) is 15.2. The van der Waals surface area contributed by atoms with Crippen molar-refractivity contribution in [2.24, 2.45) is 0 Å². The molecule has 0 fully saturated rings. The smallest absolute Gasteiger partial charge is 0.164 e. The Labute approximate surface area is 263 Å². The van der Waals surface area contributed by atoms with E-state index in [0.717, 1.165) is 44.4 Å². The fourth-order valence-electron chi connectivity index (χ4n) is 6.40. The Kier molecular flexibility index (Phi) is 5.80. The maximum absolute atomic E-state index is 7.17. The predicted octanol–water partition coefficient (Wildman–Crippen LogP) is 10.3. The average Bonchev–Trinajstić information content (AvgIpc) is 3.65. The number of H-pyrrole nitrogens is 1. The molecule has 0 atom stereocenters. The molecule has 3 aromatic heterocycles. The molecule has 0 bridgehead atoms. The van der Waals surface area contributed by atoms with Crippen LogP contribution in [0.2, 0.25) is 5.02 Å². The van der Waals surface area contributed by atoms with E-state index in [0.29, 0.717) is 22.5 Å².